The molecule has 0 heterocycles. The number of carboxylic acid groups (broad SMARTS) is 1. The summed E-state index contributed by atoms with van der Waals surface area (Å²) in [5, 5.41) is 12.9. The molecule has 0 aliphatic heterocycles. The Morgan fingerprint density at radius 1 is 1.07 bits per heavy atom. The maximum Gasteiger partial charge on any atom is 1.00 e. The van der Waals surface area contributed by atoms with Gasteiger partial charge in [0.25, 0.3) is 0 Å². The van der Waals surface area contributed by atoms with Gasteiger partial charge in [0.2, 0.25) is 15.9 Å². The van der Waals surface area contributed by atoms with E-state index in [2.05, 4.69) is 10.0 Å². The molecule has 0 bridgehead atoms. The van der Waals surface area contributed by atoms with E-state index < -0.39 is 22.6 Å². The minimum atomic E-state index is -3.64. The normalized spacial score (nSPS) is 10.7. The first-order valence-electron chi connectivity index (χ1n) is 8.19. The number of nitrogens with one attached hydrogen (secondary N) is 2. The van der Waals surface area contributed by atoms with E-state index in [9.17, 15) is 23.1 Å². The first kappa shape index (κ1) is 26.1. The molecule has 0 spiro atoms. The van der Waals surface area contributed by atoms with E-state index in [-0.39, 0.29) is 68.7 Å². The van der Waals surface area contributed by atoms with Gasteiger partial charge in [-0.15, -0.1) is 11.8 Å². The fourth-order valence-corrected chi connectivity index (χ4v) is 4.05. The number of benzene rings is 2. The van der Waals surface area contributed by atoms with Gasteiger partial charge in [0.15, 0.2) is 0 Å². The van der Waals surface area contributed by atoms with Crippen molar-refractivity contribution in [2.24, 2.45) is 0 Å². The van der Waals surface area contributed by atoms with Gasteiger partial charge in [-0.3, -0.25) is 4.79 Å². The van der Waals surface area contributed by atoms with E-state index in [4.69, 9.17) is 4.74 Å². The maximum absolute atomic E-state index is 12.3. The second-order valence-electron chi connectivity index (χ2n) is 5.58. The molecule has 150 valence electrons. The Morgan fingerprint density at radius 3 is 2.24 bits per heavy atom. The van der Waals surface area contributed by atoms with Gasteiger partial charge in [-0.05, 0) is 48.5 Å². The first-order valence-corrected chi connectivity index (χ1v) is 10.7. The number of hydrogen-bond acceptors (Lipinski definition) is 7. The molecule has 0 aliphatic carbocycles. The zero-order chi connectivity index (χ0) is 20.6. The van der Waals surface area contributed by atoms with Crippen molar-refractivity contribution in [1.82, 2.24) is 4.72 Å². The van der Waals surface area contributed by atoms with Gasteiger partial charge >= 0.3 is 51.4 Å². The molecule has 0 radical (unpaired) electrons. The molecule has 8 nitrogen and oxygen atoms in total. The zero-order valence-electron chi connectivity index (χ0n) is 16.0. The van der Waals surface area contributed by atoms with Crippen LogP contribution in [0.5, 0.6) is 5.75 Å². The van der Waals surface area contributed by atoms with Gasteiger partial charge in [-0.25, -0.2) is 13.1 Å². The third-order valence-corrected chi connectivity index (χ3v) is 5.82. The summed E-state index contributed by atoms with van der Waals surface area (Å²) in [5.74, 6) is -0.612. The number of aliphatic carboxylic acids is 1. The van der Waals surface area contributed by atoms with Gasteiger partial charge in [0, 0.05) is 29.8 Å². The first-order chi connectivity index (χ1) is 13.3. The summed E-state index contributed by atoms with van der Waals surface area (Å²) >= 11 is 1.44. The number of carbonyl (C=O) groups is 2. The van der Waals surface area contributed by atoms with Crippen LogP contribution in [-0.2, 0) is 19.6 Å². The number of rotatable bonds is 10. The van der Waals surface area contributed by atoms with Crippen LogP contribution in [0, 0.1) is 0 Å². The largest absolute Gasteiger partial charge is 1.00 e. The molecule has 0 saturated carbocycles. The van der Waals surface area contributed by atoms with Crippen molar-refractivity contribution in [3.63, 3.8) is 0 Å². The number of ether oxygens (including phenoxy) is 1. The number of thioether (sulfide) groups is 1. The van der Waals surface area contributed by atoms with Crippen molar-refractivity contribution in [3.05, 3.63) is 48.5 Å². The van der Waals surface area contributed by atoms with E-state index in [1.807, 2.05) is 0 Å². The minimum Gasteiger partial charge on any atom is -0.546 e. The SMILES string of the molecule is CC(=O)Nc1ccc(S(=O)(=O)NCCSc2ccc(OCC(=O)[O-])cc2)cc1.[K+]. The van der Waals surface area contributed by atoms with E-state index in [0.29, 0.717) is 17.2 Å². The average molecular weight is 463 g/mol. The maximum atomic E-state index is 12.3. The molecule has 2 rings (SSSR count). The summed E-state index contributed by atoms with van der Waals surface area (Å²) in [4.78, 5) is 22.3. The molecule has 0 aliphatic rings. The summed E-state index contributed by atoms with van der Waals surface area (Å²) in [5.41, 5.74) is 0.522. The quantitative estimate of drug-likeness (QED) is 0.234. The Bertz CT molecular complexity index is 918. The summed E-state index contributed by atoms with van der Waals surface area (Å²) in [6.07, 6.45) is 0. The molecule has 0 saturated heterocycles. The average Bonchev–Trinajstić information content (AvgIpc) is 2.64. The Morgan fingerprint density at radius 2 is 1.69 bits per heavy atom. The number of sulfonamides is 1. The predicted molar refractivity (Wildman–Crippen MR) is 104 cm³/mol. The van der Waals surface area contributed by atoms with Crippen molar-refractivity contribution in [2.75, 3.05) is 24.2 Å². The molecule has 11 heteroatoms. The summed E-state index contributed by atoms with van der Waals surface area (Å²) in [6, 6.07) is 12.7. The summed E-state index contributed by atoms with van der Waals surface area (Å²) in [7, 11) is -3.64. The molecular formula is C18H19KN2O6S2. The van der Waals surface area contributed by atoms with Crippen LogP contribution in [0.2, 0.25) is 0 Å². The van der Waals surface area contributed by atoms with Crippen LogP contribution in [0.3, 0.4) is 0 Å². The number of hydrogen-bond donors (Lipinski definition) is 2. The van der Waals surface area contributed by atoms with Gasteiger partial charge < -0.3 is 20.0 Å². The Labute approximate surface area is 216 Å². The molecule has 2 aromatic carbocycles. The van der Waals surface area contributed by atoms with Gasteiger partial charge in [-0.1, -0.05) is 0 Å². The van der Waals surface area contributed by atoms with Crippen LogP contribution in [0.25, 0.3) is 0 Å². The molecule has 2 aromatic rings. The molecule has 0 unspecified atom stereocenters. The minimum absolute atomic E-state index is 0. The number of carbonyl (C=O) groups excluding carboxylic acids is 2. The fraction of sp³-hybridized carbons (Fsp3) is 0.222. The van der Waals surface area contributed by atoms with Gasteiger partial charge in [-0.2, -0.15) is 0 Å². The molecule has 0 atom stereocenters. The van der Waals surface area contributed by atoms with Crippen molar-refractivity contribution in [2.45, 2.75) is 16.7 Å². The third kappa shape index (κ3) is 9.62. The summed E-state index contributed by atoms with van der Waals surface area (Å²) in [6.45, 7) is 1.08. The molecule has 0 aromatic heterocycles. The van der Waals surface area contributed by atoms with Gasteiger partial charge in [0.1, 0.15) is 12.4 Å². The second kappa shape index (κ2) is 12.7. The van der Waals surface area contributed by atoms with Crippen LogP contribution >= 0.6 is 11.8 Å². The standard InChI is InChI=1S/C18H20N2O6S2.K/c1-13(21)20-14-2-8-17(9-3-14)28(24,25)19-10-11-27-16-6-4-15(5-7-16)26-12-18(22)23;/h2-9,19H,10-12H2,1H3,(H,20,21)(H,22,23);/q;+1/p-1. The third-order valence-electron chi connectivity index (χ3n) is 3.33. The van der Waals surface area contributed by atoms with Crippen LogP contribution in [-0.4, -0.2) is 39.2 Å². The van der Waals surface area contributed by atoms with E-state index >= 15 is 0 Å². The van der Waals surface area contributed by atoms with Crippen molar-refractivity contribution >= 4 is 39.3 Å². The topological polar surface area (TPSA) is 125 Å². The van der Waals surface area contributed by atoms with Crippen molar-refractivity contribution in [3.8, 4) is 5.75 Å². The van der Waals surface area contributed by atoms with Crippen LogP contribution in [0.1, 0.15) is 6.92 Å². The van der Waals surface area contributed by atoms with Crippen molar-refractivity contribution in [1.29, 1.82) is 0 Å². The van der Waals surface area contributed by atoms with Gasteiger partial charge in [0.05, 0.1) is 10.9 Å². The monoisotopic (exact) mass is 462 g/mol. The molecule has 2 N–H and O–H groups in total. The van der Waals surface area contributed by atoms with E-state index in [0.717, 1.165) is 4.90 Å². The predicted octanol–water partition coefficient (Wildman–Crippen LogP) is -2.15. The number of amides is 1. The smallest absolute Gasteiger partial charge is 0.546 e. The molecule has 0 fully saturated rings. The Kier molecular flexibility index (Phi) is 11.4. The molecular weight excluding hydrogens is 443 g/mol. The van der Waals surface area contributed by atoms with Crippen molar-refractivity contribution < 1.29 is 79.2 Å². The molecule has 29 heavy (non-hydrogen) atoms. The van der Waals surface area contributed by atoms with E-state index in [1.54, 1.807) is 24.3 Å². The zero-order valence-corrected chi connectivity index (χ0v) is 20.8. The van der Waals surface area contributed by atoms with Crippen LogP contribution < -0.4 is 71.3 Å². The second-order valence-corrected chi connectivity index (χ2v) is 8.52. The number of carboxylic acids is 1. The Hall–Kier alpha value is -0.924. The number of anilines is 1. The summed E-state index contributed by atoms with van der Waals surface area (Å²) < 4.78 is 32.0. The fourth-order valence-electron chi connectivity index (χ4n) is 2.12. The van der Waals surface area contributed by atoms with Crippen LogP contribution in [0.15, 0.2) is 58.3 Å². The molecule has 1 amide bonds. The van der Waals surface area contributed by atoms with E-state index in [1.165, 1.54) is 43.0 Å². The van der Waals surface area contributed by atoms with Crippen LogP contribution in [0.4, 0.5) is 5.69 Å². The Balaban J connectivity index is 0.00000420.